The van der Waals surface area contributed by atoms with E-state index in [1.54, 1.807) is 41.3 Å². The highest BCUT2D eigenvalue weighted by Crippen LogP contribution is 2.29. The van der Waals surface area contributed by atoms with Crippen LogP contribution in [0.5, 0.6) is 11.5 Å². The lowest BCUT2D eigenvalue weighted by molar-refractivity contribution is -0.147. The Kier molecular flexibility index (Phi) is 6.77. The third kappa shape index (κ3) is 5.34. The highest BCUT2D eigenvalue weighted by molar-refractivity contribution is 6.01. The Labute approximate surface area is 199 Å². The predicted octanol–water partition coefficient (Wildman–Crippen LogP) is 5.18. The molecule has 34 heavy (non-hydrogen) atoms. The van der Waals surface area contributed by atoms with Crippen molar-refractivity contribution in [3.05, 3.63) is 89.0 Å². The minimum Gasteiger partial charge on any atom is -0.457 e. The quantitative estimate of drug-likeness (QED) is 0.361. The number of esters is 1. The summed E-state index contributed by atoms with van der Waals surface area (Å²) in [6.07, 6.45) is 0.0539. The first-order valence-electron chi connectivity index (χ1n) is 11.2. The van der Waals surface area contributed by atoms with Gasteiger partial charge in [-0.15, -0.1) is 0 Å². The van der Waals surface area contributed by atoms with E-state index in [9.17, 15) is 14.4 Å². The number of hydrogen-bond acceptors (Lipinski definition) is 5. The summed E-state index contributed by atoms with van der Waals surface area (Å²) in [6.45, 7) is 5.79. The Morgan fingerprint density at radius 2 is 1.53 bits per heavy atom. The second kappa shape index (κ2) is 9.91. The monoisotopic (exact) mass is 457 g/mol. The van der Waals surface area contributed by atoms with Crippen molar-refractivity contribution in [3.63, 3.8) is 0 Å². The van der Waals surface area contributed by atoms with Gasteiger partial charge >= 0.3 is 5.97 Å². The van der Waals surface area contributed by atoms with Crippen LogP contribution in [0.3, 0.4) is 0 Å². The molecule has 0 saturated carbocycles. The number of anilines is 1. The molecule has 1 heterocycles. The molecule has 1 saturated heterocycles. The molecule has 1 atom stereocenters. The molecule has 3 aromatic rings. The van der Waals surface area contributed by atoms with Crippen molar-refractivity contribution in [2.75, 3.05) is 18.1 Å². The largest absolute Gasteiger partial charge is 0.457 e. The number of aryl methyl sites for hydroxylation is 3. The van der Waals surface area contributed by atoms with Crippen molar-refractivity contribution < 1.29 is 23.9 Å². The molecule has 6 nitrogen and oxygen atoms in total. The van der Waals surface area contributed by atoms with Crippen LogP contribution in [0, 0.1) is 26.7 Å². The van der Waals surface area contributed by atoms with E-state index in [2.05, 4.69) is 0 Å². The highest BCUT2D eigenvalue weighted by atomic mass is 16.5. The van der Waals surface area contributed by atoms with Crippen molar-refractivity contribution in [2.45, 2.75) is 27.2 Å². The molecule has 0 aliphatic carbocycles. The number of benzene rings is 3. The Hall–Kier alpha value is -3.93. The van der Waals surface area contributed by atoms with E-state index >= 15 is 0 Å². The molecule has 0 N–H and O–H groups in total. The third-order valence-electron chi connectivity index (χ3n) is 6.04. The minimum absolute atomic E-state index is 0.0539. The number of ether oxygens (including phenoxy) is 2. The molecule has 1 aliphatic heterocycles. The fourth-order valence-corrected chi connectivity index (χ4v) is 3.80. The number of nitrogens with zero attached hydrogens (tertiary/aromatic N) is 1. The van der Waals surface area contributed by atoms with Crippen molar-refractivity contribution >= 4 is 23.3 Å². The second-order valence-corrected chi connectivity index (χ2v) is 8.64. The Bertz CT molecular complexity index is 1210. The lowest BCUT2D eigenvalue weighted by Gasteiger charge is -2.17. The molecule has 0 bridgehead atoms. The molecule has 174 valence electrons. The number of ketones is 1. The normalized spacial score (nSPS) is 15.3. The fourth-order valence-electron chi connectivity index (χ4n) is 3.80. The fraction of sp³-hybridized carbons (Fsp3) is 0.250. The molecule has 0 radical (unpaired) electrons. The number of carbonyl (C=O) groups is 3. The Morgan fingerprint density at radius 3 is 2.18 bits per heavy atom. The van der Waals surface area contributed by atoms with Gasteiger partial charge < -0.3 is 14.4 Å². The molecule has 1 aliphatic rings. The summed E-state index contributed by atoms with van der Waals surface area (Å²) in [5.41, 5.74) is 4.44. The summed E-state index contributed by atoms with van der Waals surface area (Å²) in [5.74, 6) is -0.179. The molecule has 0 aromatic heterocycles. The van der Waals surface area contributed by atoms with Crippen LogP contribution < -0.4 is 9.64 Å². The Balaban J connectivity index is 1.33. The van der Waals surface area contributed by atoms with Crippen LogP contribution >= 0.6 is 0 Å². The average molecular weight is 458 g/mol. The molecule has 1 fully saturated rings. The van der Waals surface area contributed by atoms with Gasteiger partial charge in [-0.1, -0.05) is 29.8 Å². The van der Waals surface area contributed by atoms with Gasteiger partial charge in [-0.3, -0.25) is 14.4 Å². The van der Waals surface area contributed by atoms with Gasteiger partial charge in [-0.25, -0.2) is 0 Å². The summed E-state index contributed by atoms with van der Waals surface area (Å²) < 4.78 is 11.1. The van der Waals surface area contributed by atoms with Crippen LogP contribution in [0.2, 0.25) is 0 Å². The van der Waals surface area contributed by atoms with Crippen LogP contribution in [-0.4, -0.2) is 30.8 Å². The predicted molar refractivity (Wildman–Crippen MR) is 129 cm³/mol. The van der Waals surface area contributed by atoms with E-state index in [1.807, 2.05) is 51.1 Å². The molecule has 0 spiro atoms. The van der Waals surface area contributed by atoms with E-state index in [1.165, 1.54) is 0 Å². The zero-order chi connectivity index (χ0) is 24.2. The molecule has 0 unspecified atom stereocenters. The summed E-state index contributed by atoms with van der Waals surface area (Å²) >= 11 is 0. The van der Waals surface area contributed by atoms with E-state index in [0.717, 1.165) is 22.4 Å². The summed E-state index contributed by atoms with van der Waals surface area (Å²) in [7, 11) is 0. The third-order valence-corrected chi connectivity index (χ3v) is 6.04. The van der Waals surface area contributed by atoms with Gasteiger partial charge in [0.05, 0.1) is 5.92 Å². The first kappa shape index (κ1) is 23.2. The lowest BCUT2D eigenvalue weighted by atomic mass is 10.0. The smallest absolute Gasteiger partial charge is 0.311 e. The Morgan fingerprint density at radius 1 is 0.882 bits per heavy atom. The SMILES string of the molecule is Cc1ccc(Oc2ccc(N3C[C@@H](C(=O)OCC(=O)c4ccc(C)c(C)c4)CC3=O)cc2)cc1. The van der Waals surface area contributed by atoms with Gasteiger partial charge in [0.2, 0.25) is 5.91 Å². The maximum Gasteiger partial charge on any atom is 0.311 e. The molecular formula is C28H27NO5. The van der Waals surface area contributed by atoms with Gasteiger partial charge in [0, 0.05) is 24.2 Å². The zero-order valence-electron chi connectivity index (χ0n) is 19.5. The second-order valence-electron chi connectivity index (χ2n) is 8.64. The van der Waals surface area contributed by atoms with E-state index in [0.29, 0.717) is 17.0 Å². The van der Waals surface area contributed by atoms with Gasteiger partial charge in [0.25, 0.3) is 0 Å². The van der Waals surface area contributed by atoms with Gasteiger partial charge in [0.15, 0.2) is 12.4 Å². The standard InChI is InChI=1S/C28H27NO5/c1-18-4-10-24(11-5-18)34-25-12-8-23(9-13-25)29-16-22(15-27(29)31)28(32)33-17-26(30)21-7-6-19(2)20(3)14-21/h4-14,22H,15-17H2,1-3H3/t22-/m0/s1. The maximum absolute atomic E-state index is 12.5. The van der Waals surface area contributed by atoms with Gasteiger partial charge in [0.1, 0.15) is 11.5 Å². The van der Waals surface area contributed by atoms with E-state index in [-0.39, 0.29) is 31.3 Å². The van der Waals surface area contributed by atoms with Crippen LogP contribution in [0.4, 0.5) is 5.69 Å². The molecule has 1 amide bonds. The first-order chi connectivity index (χ1) is 16.3. The highest BCUT2D eigenvalue weighted by Gasteiger charge is 2.36. The average Bonchev–Trinajstić information content (AvgIpc) is 3.22. The summed E-state index contributed by atoms with van der Waals surface area (Å²) in [4.78, 5) is 39.0. The molecule has 4 rings (SSSR count). The van der Waals surface area contributed by atoms with Crippen molar-refractivity contribution in [3.8, 4) is 11.5 Å². The van der Waals surface area contributed by atoms with Crippen LogP contribution in [0.25, 0.3) is 0 Å². The number of carbonyl (C=O) groups excluding carboxylic acids is 3. The topological polar surface area (TPSA) is 72.9 Å². The number of amides is 1. The number of Topliss-reactive ketones (excluding diaryl/α,β-unsaturated/α-hetero) is 1. The van der Waals surface area contributed by atoms with Gasteiger partial charge in [-0.2, -0.15) is 0 Å². The van der Waals surface area contributed by atoms with Crippen LogP contribution in [0.15, 0.2) is 66.7 Å². The van der Waals surface area contributed by atoms with Crippen molar-refractivity contribution in [1.82, 2.24) is 0 Å². The summed E-state index contributed by atoms with van der Waals surface area (Å²) in [5, 5.41) is 0. The number of rotatable bonds is 7. The van der Waals surface area contributed by atoms with Crippen LogP contribution in [-0.2, 0) is 14.3 Å². The first-order valence-corrected chi connectivity index (χ1v) is 11.2. The maximum atomic E-state index is 12.5. The van der Waals surface area contributed by atoms with E-state index < -0.39 is 11.9 Å². The molecule has 3 aromatic carbocycles. The van der Waals surface area contributed by atoms with E-state index in [4.69, 9.17) is 9.47 Å². The summed E-state index contributed by atoms with van der Waals surface area (Å²) in [6, 6.07) is 20.3. The number of hydrogen-bond donors (Lipinski definition) is 0. The van der Waals surface area contributed by atoms with Crippen LogP contribution in [0.1, 0.15) is 33.5 Å². The van der Waals surface area contributed by atoms with Crippen molar-refractivity contribution in [1.29, 1.82) is 0 Å². The minimum atomic E-state index is -0.608. The lowest BCUT2D eigenvalue weighted by Crippen LogP contribution is -2.27. The molecule has 6 heteroatoms. The van der Waals surface area contributed by atoms with Crippen molar-refractivity contribution in [2.24, 2.45) is 5.92 Å². The van der Waals surface area contributed by atoms with Gasteiger partial charge in [-0.05, 0) is 74.4 Å². The zero-order valence-corrected chi connectivity index (χ0v) is 19.5. The molecular weight excluding hydrogens is 430 g/mol.